The van der Waals surface area contributed by atoms with Crippen molar-refractivity contribution in [2.24, 2.45) is 5.16 Å². The SMILES string of the molecule is CC(C)=CON=C=O. The van der Waals surface area contributed by atoms with E-state index < -0.39 is 0 Å². The number of carbonyl (C=O) groups excluding carboxylic acids is 1. The van der Waals surface area contributed by atoms with Crippen LogP contribution in [0, 0.1) is 0 Å². The van der Waals surface area contributed by atoms with E-state index in [4.69, 9.17) is 0 Å². The first-order valence-electron chi connectivity index (χ1n) is 2.13. The lowest BCUT2D eigenvalue weighted by Gasteiger charge is -1.83. The molecule has 8 heavy (non-hydrogen) atoms. The molecule has 0 amide bonds. The van der Waals surface area contributed by atoms with E-state index in [0.29, 0.717) is 0 Å². The highest BCUT2D eigenvalue weighted by atomic mass is 16.6. The summed E-state index contributed by atoms with van der Waals surface area (Å²) in [5, 5.41) is 2.83. The largest absolute Gasteiger partial charge is 0.354 e. The minimum atomic E-state index is 0.948. The van der Waals surface area contributed by atoms with E-state index in [1.165, 1.54) is 12.3 Å². The molecule has 0 aliphatic heterocycles. The molecule has 0 aliphatic rings. The predicted molar refractivity (Wildman–Crippen MR) is 28.6 cm³/mol. The summed E-state index contributed by atoms with van der Waals surface area (Å²) < 4.78 is 0. The number of hydrogen-bond acceptors (Lipinski definition) is 3. The van der Waals surface area contributed by atoms with Gasteiger partial charge in [-0.1, -0.05) is 0 Å². The van der Waals surface area contributed by atoms with Crippen LogP contribution in [-0.4, -0.2) is 6.08 Å². The highest BCUT2D eigenvalue weighted by Crippen LogP contribution is 1.87. The lowest BCUT2D eigenvalue weighted by Crippen LogP contribution is -1.67. The monoisotopic (exact) mass is 113 g/mol. The molecule has 0 saturated carbocycles. The number of nitrogens with zero attached hydrogens (tertiary/aromatic N) is 1. The zero-order valence-corrected chi connectivity index (χ0v) is 4.84. The fraction of sp³-hybridized carbons (Fsp3) is 0.400. The summed E-state index contributed by atoms with van der Waals surface area (Å²) in [6.45, 7) is 3.67. The molecule has 0 unspecified atom stereocenters. The first kappa shape index (κ1) is 6.92. The number of isocyanates is 1. The molecule has 0 atom stereocenters. The third-order valence-corrected chi connectivity index (χ3v) is 0.378. The molecule has 0 aromatic heterocycles. The summed E-state index contributed by atoms with van der Waals surface area (Å²) in [5.41, 5.74) is 0.948. The highest BCUT2D eigenvalue weighted by molar-refractivity contribution is 5.31. The molecular weight excluding hydrogens is 106 g/mol. The minimum Gasteiger partial charge on any atom is -0.354 e. The van der Waals surface area contributed by atoms with Gasteiger partial charge in [-0.05, 0) is 19.4 Å². The Morgan fingerprint density at radius 3 is 2.75 bits per heavy atom. The summed E-state index contributed by atoms with van der Waals surface area (Å²) in [4.78, 5) is 13.6. The van der Waals surface area contributed by atoms with Crippen molar-refractivity contribution in [3.63, 3.8) is 0 Å². The van der Waals surface area contributed by atoms with E-state index in [1.54, 1.807) is 0 Å². The molecule has 3 heteroatoms. The van der Waals surface area contributed by atoms with Crippen molar-refractivity contribution in [3.05, 3.63) is 11.8 Å². The van der Waals surface area contributed by atoms with Gasteiger partial charge in [0.05, 0.1) is 0 Å². The van der Waals surface area contributed by atoms with Gasteiger partial charge in [0, 0.05) is 5.16 Å². The van der Waals surface area contributed by atoms with Gasteiger partial charge in [0.25, 0.3) is 6.08 Å². The fourth-order valence-electron chi connectivity index (χ4n) is 0.153. The molecule has 0 heterocycles. The second-order valence-electron chi connectivity index (χ2n) is 1.48. The predicted octanol–water partition coefficient (Wildman–Crippen LogP) is 1.18. The molecular formula is C5H7NO2. The Morgan fingerprint density at radius 1 is 1.75 bits per heavy atom. The van der Waals surface area contributed by atoms with Crippen molar-refractivity contribution < 1.29 is 9.63 Å². The molecule has 0 aromatic rings. The molecule has 0 bridgehead atoms. The van der Waals surface area contributed by atoms with E-state index in [0.717, 1.165) is 5.57 Å². The van der Waals surface area contributed by atoms with Crippen molar-refractivity contribution in [2.75, 3.05) is 0 Å². The van der Waals surface area contributed by atoms with Crippen LogP contribution in [-0.2, 0) is 9.63 Å². The maximum absolute atomic E-state index is 9.34. The van der Waals surface area contributed by atoms with Gasteiger partial charge in [-0.15, -0.1) is 0 Å². The smallest absolute Gasteiger partial charge is 0.277 e. The quantitative estimate of drug-likeness (QED) is 0.233. The van der Waals surface area contributed by atoms with E-state index in [1.807, 2.05) is 13.8 Å². The van der Waals surface area contributed by atoms with Gasteiger partial charge in [0.15, 0.2) is 0 Å². The standard InChI is InChI=1S/C5H7NO2/c1-5(2)3-8-6-4-7/h3H,1-2H3. The van der Waals surface area contributed by atoms with Crippen LogP contribution in [0.4, 0.5) is 0 Å². The summed E-state index contributed by atoms with van der Waals surface area (Å²) in [5.74, 6) is 0. The van der Waals surface area contributed by atoms with Gasteiger partial charge in [0.2, 0.25) is 0 Å². The fourth-order valence-corrected chi connectivity index (χ4v) is 0.153. The van der Waals surface area contributed by atoms with Gasteiger partial charge in [-0.2, -0.15) is 0 Å². The topological polar surface area (TPSA) is 38.7 Å². The maximum Gasteiger partial charge on any atom is 0.277 e. The summed E-state index contributed by atoms with van der Waals surface area (Å²) in [7, 11) is 0. The second kappa shape index (κ2) is 4.09. The van der Waals surface area contributed by atoms with Gasteiger partial charge >= 0.3 is 0 Å². The van der Waals surface area contributed by atoms with Gasteiger partial charge in [-0.3, -0.25) is 0 Å². The third kappa shape index (κ3) is 4.92. The summed E-state index contributed by atoms with van der Waals surface area (Å²) >= 11 is 0. The van der Waals surface area contributed by atoms with Crippen LogP contribution in [0.2, 0.25) is 0 Å². The van der Waals surface area contributed by atoms with E-state index in [9.17, 15) is 4.79 Å². The summed E-state index contributed by atoms with van der Waals surface area (Å²) in [6, 6.07) is 0. The Hall–Kier alpha value is -1.08. The molecule has 0 rings (SSSR count). The summed E-state index contributed by atoms with van der Waals surface area (Å²) in [6.07, 6.45) is 2.60. The van der Waals surface area contributed by atoms with Crippen LogP contribution < -0.4 is 0 Å². The van der Waals surface area contributed by atoms with E-state index in [2.05, 4.69) is 9.99 Å². The number of rotatable bonds is 2. The Morgan fingerprint density at radius 2 is 2.38 bits per heavy atom. The Kier molecular flexibility index (Phi) is 3.54. The molecule has 0 radical (unpaired) electrons. The number of hydrogen-bond donors (Lipinski definition) is 0. The maximum atomic E-state index is 9.34. The van der Waals surface area contributed by atoms with Crippen molar-refractivity contribution in [1.82, 2.24) is 0 Å². The molecule has 0 aliphatic carbocycles. The molecule has 44 valence electrons. The lowest BCUT2D eigenvalue weighted by atomic mass is 10.4. The average molecular weight is 113 g/mol. The molecule has 3 nitrogen and oxygen atoms in total. The number of allylic oxidation sites excluding steroid dienone is 1. The van der Waals surface area contributed by atoms with Crippen molar-refractivity contribution >= 4 is 6.08 Å². The Labute approximate surface area is 47.6 Å². The van der Waals surface area contributed by atoms with Crippen LogP contribution in [0.1, 0.15) is 13.8 Å². The highest BCUT2D eigenvalue weighted by Gasteiger charge is 1.72. The lowest BCUT2D eigenvalue weighted by molar-refractivity contribution is 0.263. The van der Waals surface area contributed by atoms with Crippen LogP contribution >= 0.6 is 0 Å². The molecule has 0 fully saturated rings. The van der Waals surface area contributed by atoms with Gasteiger partial charge < -0.3 is 4.84 Å². The van der Waals surface area contributed by atoms with E-state index in [-0.39, 0.29) is 0 Å². The first-order chi connectivity index (χ1) is 3.77. The molecule has 0 saturated heterocycles. The van der Waals surface area contributed by atoms with Crippen LogP contribution in [0.3, 0.4) is 0 Å². The zero-order chi connectivity index (χ0) is 6.41. The minimum absolute atomic E-state index is 0.948. The van der Waals surface area contributed by atoms with Crippen LogP contribution in [0.5, 0.6) is 0 Å². The average Bonchev–Trinajstić information content (AvgIpc) is 1.66. The van der Waals surface area contributed by atoms with Crippen molar-refractivity contribution in [3.8, 4) is 0 Å². The van der Waals surface area contributed by atoms with Crippen LogP contribution in [0.15, 0.2) is 17.0 Å². The van der Waals surface area contributed by atoms with E-state index >= 15 is 0 Å². The molecule has 0 N–H and O–H groups in total. The van der Waals surface area contributed by atoms with Crippen LogP contribution in [0.25, 0.3) is 0 Å². The van der Waals surface area contributed by atoms with Crippen molar-refractivity contribution in [2.45, 2.75) is 13.8 Å². The van der Waals surface area contributed by atoms with Gasteiger partial charge in [-0.25, -0.2) is 4.79 Å². The normalized spacial score (nSPS) is 6.75. The Balaban J connectivity index is 3.44. The van der Waals surface area contributed by atoms with Crippen molar-refractivity contribution in [1.29, 1.82) is 0 Å². The third-order valence-electron chi connectivity index (χ3n) is 0.378. The first-order valence-corrected chi connectivity index (χ1v) is 2.13. The van der Waals surface area contributed by atoms with Gasteiger partial charge in [0.1, 0.15) is 6.26 Å². The second-order valence-corrected chi connectivity index (χ2v) is 1.48. The Bertz CT molecular complexity index is 129. The molecule has 0 aromatic carbocycles. The zero-order valence-electron chi connectivity index (χ0n) is 4.84. The molecule has 0 spiro atoms.